The van der Waals surface area contributed by atoms with Gasteiger partial charge in [0.1, 0.15) is 0 Å². The molecule has 0 radical (unpaired) electrons. The van der Waals surface area contributed by atoms with E-state index in [4.69, 9.17) is 11.6 Å². The van der Waals surface area contributed by atoms with Crippen LogP contribution in [0.3, 0.4) is 0 Å². The summed E-state index contributed by atoms with van der Waals surface area (Å²) in [5.41, 5.74) is 0. The standard InChI is InChI=1S/C4H5ClN2O/c5-2-1-4-3-6-7-8-4/h3H,1-2H2. The number of halogens is 1. The van der Waals surface area contributed by atoms with Gasteiger partial charge in [-0.05, 0) is 0 Å². The molecule has 0 aliphatic carbocycles. The van der Waals surface area contributed by atoms with Gasteiger partial charge in [0.25, 0.3) is 0 Å². The van der Waals surface area contributed by atoms with Crippen LogP contribution in [0.1, 0.15) is 5.76 Å². The summed E-state index contributed by atoms with van der Waals surface area (Å²) in [7, 11) is 0. The van der Waals surface area contributed by atoms with Gasteiger partial charge >= 0.3 is 0 Å². The molecule has 1 aromatic heterocycles. The highest BCUT2D eigenvalue weighted by Gasteiger charge is 1.93. The fraction of sp³-hybridized carbons (Fsp3) is 0.500. The van der Waals surface area contributed by atoms with Crippen LogP contribution in [0, 0.1) is 0 Å². The summed E-state index contributed by atoms with van der Waals surface area (Å²) in [5.74, 6) is 1.29. The second-order valence-corrected chi connectivity index (χ2v) is 1.70. The number of aryl methyl sites for hydroxylation is 1. The quantitative estimate of drug-likeness (QED) is 0.560. The first-order chi connectivity index (χ1) is 3.93. The van der Waals surface area contributed by atoms with Crippen molar-refractivity contribution >= 4 is 11.6 Å². The lowest BCUT2D eigenvalue weighted by molar-refractivity contribution is 0.365. The van der Waals surface area contributed by atoms with Gasteiger partial charge < -0.3 is 4.52 Å². The van der Waals surface area contributed by atoms with E-state index in [-0.39, 0.29) is 0 Å². The largest absolute Gasteiger partial charge is 0.342 e. The molecule has 0 aromatic carbocycles. The molecule has 0 N–H and O–H groups in total. The Morgan fingerprint density at radius 3 is 3.12 bits per heavy atom. The Hall–Kier alpha value is -0.570. The van der Waals surface area contributed by atoms with Crippen LogP contribution in [0.4, 0.5) is 0 Å². The van der Waals surface area contributed by atoms with Crippen LogP contribution in [-0.2, 0) is 6.42 Å². The molecule has 0 atom stereocenters. The molecular formula is C4H5ClN2O. The second-order valence-electron chi connectivity index (χ2n) is 1.32. The topological polar surface area (TPSA) is 38.9 Å². The van der Waals surface area contributed by atoms with Gasteiger partial charge in [-0.1, -0.05) is 0 Å². The molecule has 4 heteroatoms. The lowest BCUT2D eigenvalue weighted by Crippen LogP contribution is -1.79. The summed E-state index contributed by atoms with van der Waals surface area (Å²) in [6.45, 7) is 0. The molecule has 1 rings (SSSR count). The van der Waals surface area contributed by atoms with Crippen molar-refractivity contribution in [2.24, 2.45) is 0 Å². The third-order valence-corrected chi connectivity index (χ3v) is 0.937. The summed E-state index contributed by atoms with van der Waals surface area (Å²) < 4.78 is 4.63. The van der Waals surface area contributed by atoms with Crippen molar-refractivity contribution < 1.29 is 4.52 Å². The molecule has 44 valence electrons. The fourth-order valence-electron chi connectivity index (χ4n) is 0.391. The fourth-order valence-corrected chi connectivity index (χ4v) is 0.577. The van der Waals surface area contributed by atoms with Crippen LogP contribution in [0.15, 0.2) is 10.7 Å². The van der Waals surface area contributed by atoms with Crippen LogP contribution in [0.25, 0.3) is 0 Å². The highest BCUT2D eigenvalue weighted by Crippen LogP contribution is 1.95. The minimum Gasteiger partial charge on any atom is -0.342 e. The average Bonchev–Trinajstić information content (AvgIpc) is 2.19. The Morgan fingerprint density at radius 1 is 1.75 bits per heavy atom. The lowest BCUT2D eigenvalue weighted by Gasteiger charge is -1.80. The van der Waals surface area contributed by atoms with Crippen molar-refractivity contribution in [3.63, 3.8) is 0 Å². The van der Waals surface area contributed by atoms with Crippen molar-refractivity contribution in [3.8, 4) is 0 Å². The van der Waals surface area contributed by atoms with Crippen molar-refractivity contribution in [2.75, 3.05) is 5.88 Å². The van der Waals surface area contributed by atoms with E-state index in [1.54, 1.807) is 6.20 Å². The third kappa shape index (κ3) is 1.20. The molecule has 0 aliphatic rings. The predicted molar refractivity (Wildman–Crippen MR) is 28.7 cm³/mol. The number of nitrogens with zero attached hydrogens (tertiary/aromatic N) is 2. The van der Waals surface area contributed by atoms with Gasteiger partial charge in [0.05, 0.1) is 6.20 Å². The lowest BCUT2D eigenvalue weighted by atomic mass is 10.4. The molecule has 1 heterocycles. The van der Waals surface area contributed by atoms with E-state index in [0.717, 1.165) is 5.76 Å². The second kappa shape index (κ2) is 2.67. The third-order valence-electron chi connectivity index (χ3n) is 0.748. The maximum Gasteiger partial charge on any atom is 0.158 e. The Morgan fingerprint density at radius 2 is 2.62 bits per heavy atom. The SMILES string of the molecule is ClCCc1cnno1. The molecule has 0 unspecified atom stereocenters. The molecule has 0 amide bonds. The Bertz CT molecular complexity index is 140. The molecule has 8 heavy (non-hydrogen) atoms. The molecule has 0 saturated carbocycles. The van der Waals surface area contributed by atoms with Gasteiger partial charge in [-0.3, -0.25) is 0 Å². The van der Waals surface area contributed by atoms with Crippen LogP contribution in [-0.4, -0.2) is 16.3 Å². The number of hydrogen-bond acceptors (Lipinski definition) is 3. The molecule has 1 aromatic rings. The Balaban J connectivity index is 2.50. The zero-order valence-corrected chi connectivity index (χ0v) is 4.93. The maximum absolute atomic E-state index is 5.38. The van der Waals surface area contributed by atoms with Crippen molar-refractivity contribution in [1.82, 2.24) is 10.4 Å². The Labute approximate surface area is 51.6 Å². The molecule has 0 bridgehead atoms. The number of aromatic nitrogens is 2. The van der Waals surface area contributed by atoms with E-state index in [0.29, 0.717) is 12.3 Å². The Kier molecular flexibility index (Phi) is 1.86. The van der Waals surface area contributed by atoms with Crippen molar-refractivity contribution in [3.05, 3.63) is 12.0 Å². The van der Waals surface area contributed by atoms with Crippen LogP contribution in [0.5, 0.6) is 0 Å². The molecule has 0 spiro atoms. The predicted octanol–water partition coefficient (Wildman–Crippen LogP) is 0.851. The minimum atomic E-state index is 0.552. The molecule has 0 fully saturated rings. The number of hydrogen-bond donors (Lipinski definition) is 0. The van der Waals surface area contributed by atoms with Gasteiger partial charge in [-0.2, -0.15) is 0 Å². The van der Waals surface area contributed by atoms with Gasteiger partial charge in [0.2, 0.25) is 0 Å². The summed E-state index contributed by atoms with van der Waals surface area (Å²) in [5, 5.41) is 6.72. The van der Waals surface area contributed by atoms with Gasteiger partial charge in [-0.25, -0.2) is 0 Å². The average molecular weight is 133 g/mol. The van der Waals surface area contributed by atoms with E-state index in [2.05, 4.69) is 14.9 Å². The van der Waals surface area contributed by atoms with Crippen molar-refractivity contribution in [2.45, 2.75) is 6.42 Å². The smallest absolute Gasteiger partial charge is 0.158 e. The van der Waals surface area contributed by atoms with Gasteiger partial charge in [0, 0.05) is 17.6 Å². The van der Waals surface area contributed by atoms with Crippen LogP contribution in [0.2, 0.25) is 0 Å². The highest BCUT2D eigenvalue weighted by atomic mass is 35.5. The zero-order valence-electron chi connectivity index (χ0n) is 4.17. The first-order valence-corrected chi connectivity index (χ1v) is 2.79. The molecule has 3 nitrogen and oxygen atoms in total. The monoisotopic (exact) mass is 132 g/mol. The van der Waals surface area contributed by atoms with E-state index < -0.39 is 0 Å². The van der Waals surface area contributed by atoms with E-state index in [1.807, 2.05) is 0 Å². The van der Waals surface area contributed by atoms with E-state index in [1.165, 1.54) is 0 Å². The van der Waals surface area contributed by atoms with Crippen LogP contribution < -0.4 is 0 Å². The summed E-state index contributed by atoms with van der Waals surface area (Å²) in [4.78, 5) is 0. The number of rotatable bonds is 2. The maximum atomic E-state index is 5.38. The summed E-state index contributed by atoms with van der Waals surface area (Å²) >= 11 is 5.38. The minimum absolute atomic E-state index is 0.552. The van der Waals surface area contributed by atoms with Crippen molar-refractivity contribution in [1.29, 1.82) is 0 Å². The normalized spacial score (nSPS) is 9.62. The molecular weight excluding hydrogens is 128 g/mol. The summed E-state index contributed by atoms with van der Waals surface area (Å²) in [6, 6.07) is 0. The van der Waals surface area contributed by atoms with Crippen LogP contribution >= 0.6 is 11.6 Å². The first-order valence-electron chi connectivity index (χ1n) is 2.25. The van der Waals surface area contributed by atoms with E-state index >= 15 is 0 Å². The molecule has 0 saturated heterocycles. The first kappa shape index (κ1) is 5.56. The van der Waals surface area contributed by atoms with E-state index in [9.17, 15) is 0 Å². The van der Waals surface area contributed by atoms with Gasteiger partial charge in [0.15, 0.2) is 5.76 Å². The van der Waals surface area contributed by atoms with Gasteiger partial charge in [-0.15, -0.1) is 16.7 Å². The summed E-state index contributed by atoms with van der Waals surface area (Å²) in [6.07, 6.45) is 2.26. The highest BCUT2D eigenvalue weighted by molar-refractivity contribution is 6.17. The number of alkyl halides is 1. The molecule has 0 aliphatic heterocycles. The zero-order chi connectivity index (χ0) is 5.82.